The number of benzene rings is 9. The second-order valence-corrected chi connectivity index (χ2v) is 18.1. The lowest BCUT2D eigenvalue weighted by molar-refractivity contribution is 0.486. The lowest BCUT2D eigenvalue weighted by Crippen LogP contribution is -2.62. The van der Waals surface area contributed by atoms with Crippen LogP contribution in [0.25, 0.3) is 33.4 Å². The van der Waals surface area contributed by atoms with Gasteiger partial charge in [-0.2, -0.15) is 0 Å². The maximum Gasteiger partial charge on any atom is 0.256 e. The molecule has 0 aliphatic carbocycles. The Morgan fingerprint density at radius 1 is 0.333 bits per heavy atom. The van der Waals surface area contributed by atoms with Crippen LogP contribution in [0.15, 0.2) is 220 Å². The maximum atomic E-state index is 7.28. The molecule has 0 atom stereocenters. The standard InChI is InChI=1S/C54H33B2NOS2/c1-4-16-34(17-5-1)37-28-46-53-48(29-37)58-47-33-50-43(56-41-24-12-15-27-49(41)59-51-30-38(31-52(60-50)54(51)56)35-18-6-2-7-19-35)32-42(47)55(53)40-23-11-14-26-45(40)57(46)44-25-13-10-22-39(44)36-20-8-3-9-21-36/h1-33H. The fraction of sp³-hybridized carbons (Fsp3) is 0. The van der Waals surface area contributed by atoms with Crippen LogP contribution in [0.4, 0.5) is 17.1 Å². The third kappa shape index (κ3) is 5.21. The summed E-state index contributed by atoms with van der Waals surface area (Å²) in [5.41, 5.74) is 18.5. The molecule has 4 aliphatic rings. The van der Waals surface area contributed by atoms with Crippen molar-refractivity contribution in [3.63, 3.8) is 0 Å². The van der Waals surface area contributed by atoms with Crippen LogP contribution < -0.4 is 42.4 Å². The zero-order chi connectivity index (χ0) is 39.3. The van der Waals surface area contributed by atoms with Gasteiger partial charge in [0.15, 0.2) is 0 Å². The molecule has 0 saturated carbocycles. The van der Waals surface area contributed by atoms with Crippen LogP contribution in [-0.4, -0.2) is 13.4 Å². The van der Waals surface area contributed by atoms with Gasteiger partial charge in [-0.25, -0.2) is 0 Å². The quantitative estimate of drug-likeness (QED) is 0.164. The largest absolute Gasteiger partial charge is 0.458 e. The summed E-state index contributed by atoms with van der Waals surface area (Å²) in [5.74, 6) is 1.85. The lowest BCUT2D eigenvalue weighted by Gasteiger charge is -2.41. The maximum absolute atomic E-state index is 7.28. The molecule has 9 aromatic carbocycles. The minimum absolute atomic E-state index is 0.0234. The molecule has 0 unspecified atom stereocenters. The van der Waals surface area contributed by atoms with Crippen LogP contribution >= 0.6 is 23.5 Å². The highest BCUT2D eigenvalue weighted by Gasteiger charge is 2.45. The van der Waals surface area contributed by atoms with E-state index in [2.05, 4.69) is 205 Å². The molecule has 2 nitrogen and oxygen atoms in total. The lowest BCUT2D eigenvalue weighted by atomic mass is 9.32. The highest BCUT2D eigenvalue weighted by molar-refractivity contribution is 8.01. The topological polar surface area (TPSA) is 12.5 Å². The smallest absolute Gasteiger partial charge is 0.256 e. The number of anilines is 3. The molecule has 0 radical (unpaired) electrons. The second-order valence-electron chi connectivity index (χ2n) is 15.9. The average molecular weight is 798 g/mol. The Hall–Kier alpha value is -6.59. The number of nitrogens with zero attached hydrogens (tertiary/aromatic N) is 1. The van der Waals surface area contributed by atoms with E-state index in [0.29, 0.717) is 0 Å². The van der Waals surface area contributed by atoms with E-state index in [1.54, 1.807) is 0 Å². The van der Waals surface area contributed by atoms with Gasteiger partial charge in [-0.3, -0.25) is 0 Å². The van der Waals surface area contributed by atoms with Crippen molar-refractivity contribution in [2.24, 2.45) is 0 Å². The number of rotatable bonds is 4. The Morgan fingerprint density at radius 2 is 0.900 bits per heavy atom. The first kappa shape index (κ1) is 34.3. The highest BCUT2D eigenvalue weighted by Crippen LogP contribution is 2.47. The van der Waals surface area contributed by atoms with Crippen LogP contribution in [0.2, 0.25) is 0 Å². The van der Waals surface area contributed by atoms with E-state index in [9.17, 15) is 0 Å². The van der Waals surface area contributed by atoms with Crippen LogP contribution in [0.3, 0.4) is 0 Å². The second kappa shape index (κ2) is 13.5. The Morgan fingerprint density at radius 3 is 1.63 bits per heavy atom. The van der Waals surface area contributed by atoms with Crippen molar-refractivity contribution >= 4 is 86.8 Å². The molecule has 0 spiro atoms. The van der Waals surface area contributed by atoms with Crippen molar-refractivity contribution in [1.82, 2.24) is 0 Å². The van der Waals surface area contributed by atoms with Gasteiger partial charge in [0, 0.05) is 36.5 Å². The van der Waals surface area contributed by atoms with Gasteiger partial charge in [-0.05, 0) is 98.2 Å². The first-order valence-electron chi connectivity index (χ1n) is 20.6. The average Bonchev–Trinajstić information content (AvgIpc) is 3.31. The summed E-state index contributed by atoms with van der Waals surface area (Å²) in [6.45, 7) is 0.0953. The zero-order valence-electron chi connectivity index (χ0n) is 32.4. The predicted molar refractivity (Wildman–Crippen MR) is 254 cm³/mol. The Kier molecular flexibility index (Phi) is 7.70. The van der Waals surface area contributed by atoms with Gasteiger partial charge < -0.3 is 9.64 Å². The molecule has 4 aliphatic heterocycles. The van der Waals surface area contributed by atoms with Crippen molar-refractivity contribution in [3.05, 3.63) is 200 Å². The van der Waals surface area contributed by atoms with Gasteiger partial charge in [0.1, 0.15) is 11.5 Å². The monoisotopic (exact) mass is 797 g/mol. The number of hydrogen-bond donors (Lipinski definition) is 0. The fourth-order valence-electron chi connectivity index (χ4n) is 10.0. The number of ether oxygens (including phenoxy) is 1. The molecule has 6 heteroatoms. The van der Waals surface area contributed by atoms with Crippen molar-refractivity contribution in [3.8, 4) is 44.9 Å². The summed E-state index contributed by atoms with van der Waals surface area (Å²) in [6.07, 6.45) is 0. The SMILES string of the molecule is c1ccc(-c2cc3c4c(c2)Sc2cc5c(cc2B4c2ccccc2S3)B2c3ccccc3N(c3ccccc3-c3ccccc3)c3cc(-c4ccccc4)cc(c32)O5)cc1. The third-order valence-electron chi connectivity index (χ3n) is 12.6. The summed E-state index contributed by atoms with van der Waals surface area (Å²) >= 11 is 3.81. The predicted octanol–water partition coefficient (Wildman–Crippen LogP) is 10.5. The first-order chi connectivity index (χ1) is 29.7. The summed E-state index contributed by atoms with van der Waals surface area (Å²) in [4.78, 5) is 7.75. The molecule has 4 heterocycles. The van der Waals surface area contributed by atoms with E-state index in [1.807, 2.05) is 23.5 Å². The van der Waals surface area contributed by atoms with Crippen LogP contribution in [0, 0.1) is 0 Å². The van der Waals surface area contributed by atoms with E-state index >= 15 is 0 Å². The summed E-state index contributed by atoms with van der Waals surface area (Å²) in [6, 6.07) is 73.5. The van der Waals surface area contributed by atoms with Crippen molar-refractivity contribution in [2.45, 2.75) is 19.6 Å². The van der Waals surface area contributed by atoms with Gasteiger partial charge >= 0.3 is 0 Å². The molecule has 0 saturated heterocycles. The molecule has 9 aromatic rings. The van der Waals surface area contributed by atoms with E-state index in [-0.39, 0.29) is 13.4 Å². The molecule has 0 N–H and O–H groups in total. The van der Waals surface area contributed by atoms with Gasteiger partial charge in [0.05, 0.1) is 5.69 Å². The molecule has 0 bridgehead atoms. The zero-order valence-corrected chi connectivity index (χ0v) is 34.0. The fourth-order valence-corrected chi connectivity index (χ4v) is 12.5. The van der Waals surface area contributed by atoms with E-state index in [1.165, 1.54) is 80.3 Å². The van der Waals surface area contributed by atoms with Gasteiger partial charge in [-0.1, -0.05) is 186 Å². The van der Waals surface area contributed by atoms with Gasteiger partial charge in [0.25, 0.3) is 6.71 Å². The summed E-state index contributed by atoms with van der Waals surface area (Å²) < 4.78 is 7.28. The normalized spacial score (nSPS) is 13.6. The molecule has 0 amide bonds. The van der Waals surface area contributed by atoms with Crippen molar-refractivity contribution < 1.29 is 4.74 Å². The number of fused-ring (bicyclic) bond motifs is 8. The van der Waals surface area contributed by atoms with E-state index in [0.717, 1.165) is 34.0 Å². The van der Waals surface area contributed by atoms with E-state index < -0.39 is 0 Å². The van der Waals surface area contributed by atoms with Crippen LogP contribution in [0.5, 0.6) is 11.5 Å². The molecule has 0 fully saturated rings. The Balaban J connectivity index is 1.05. The minimum atomic E-state index is -0.0234. The van der Waals surface area contributed by atoms with Crippen molar-refractivity contribution in [1.29, 1.82) is 0 Å². The summed E-state index contributed by atoms with van der Waals surface area (Å²) in [7, 11) is 0. The van der Waals surface area contributed by atoms with Crippen LogP contribution in [-0.2, 0) is 0 Å². The molecular weight excluding hydrogens is 764 g/mol. The van der Waals surface area contributed by atoms with Gasteiger partial charge in [-0.15, -0.1) is 0 Å². The Labute approximate surface area is 359 Å². The number of hydrogen-bond acceptors (Lipinski definition) is 4. The third-order valence-corrected chi connectivity index (χ3v) is 14.9. The van der Waals surface area contributed by atoms with Gasteiger partial charge in [0.2, 0.25) is 6.71 Å². The van der Waals surface area contributed by atoms with Crippen LogP contribution in [0.1, 0.15) is 0 Å². The van der Waals surface area contributed by atoms with E-state index in [4.69, 9.17) is 4.74 Å². The number of para-hydroxylation sites is 2. The molecular formula is C54H33B2NOS2. The molecule has 0 aromatic heterocycles. The summed E-state index contributed by atoms with van der Waals surface area (Å²) in [5, 5.41) is 0. The molecule has 278 valence electrons. The van der Waals surface area contributed by atoms with Crippen molar-refractivity contribution in [2.75, 3.05) is 4.90 Å². The first-order valence-corrected chi connectivity index (χ1v) is 22.2. The molecule has 13 rings (SSSR count). The molecule has 60 heavy (non-hydrogen) atoms. The Bertz CT molecular complexity index is 3210. The minimum Gasteiger partial charge on any atom is -0.458 e. The highest BCUT2D eigenvalue weighted by atomic mass is 32.2.